The molecular formula is C30H31N7O. The van der Waals surface area contributed by atoms with Gasteiger partial charge in [0.2, 0.25) is 0 Å². The summed E-state index contributed by atoms with van der Waals surface area (Å²) in [6.45, 7) is 4.36. The van der Waals surface area contributed by atoms with Crippen molar-refractivity contribution in [1.29, 1.82) is 0 Å². The molecule has 1 atom stereocenters. The van der Waals surface area contributed by atoms with E-state index in [9.17, 15) is 0 Å². The summed E-state index contributed by atoms with van der Waals surface area (Å²) >= 11 is 0. The molecule has 3 heterocycles. The average Bonchev–Trinajstić information content (AvgIpc) is 3.45. The lowest BCUT2D eigenvalue weighted by Crippen LogP contribution is -2.48. The largest absolute Gasteiger partial charge is 0.497 e. The minimum absolute atomic E-state index is 0.0524. The zero-order valence-electron chi connectivity index (χ0n) is 21.5. The van der Waals surface area contributed by atoms with Gasteiger partial charge >= 0.3 is 0 Å². The molecule has 1 fully saturated rings. The van der Waals surface area contributed by atoms with Crippen molar-refractivity contribution in [3.63, 3.8) is 0 Å². The number of tetrazole rings is 1. The second-order valence-corrected chi connectivity index (χ2v) is 9.57. The third-order valence-electron chi connectivity index (χ3n) is 7.32. The van der Waals surface area contributed by atoms with Gasteiger partial charge in [-0.3, -0.25) is 9.88 Å². The molecule has 8 nitrogen and oxygen atoms in total. The van der Waals surface area contributed by atoms with Gasteiger partial charge in [-0.25, -0.2) is 4.68 Å². The number of nitrogens with zero attached hydrogens (tertiary/aromatic N) is 7. The summed E-state index contributed by atoms with van der Waals surface area (Å²) in [5.41, 5.74) is 4.66. The molecule has 0 unspecified atom stereocenters. The molecule has 1 saturated heterocycles. The first-order chi connectivity index (χ1) is 18.8. The van der Waals surface area contributed by atoms with Crippen LogP contribution >= 0.6 is 0 Å². The van der Waals surface area contributed by atoms with Crippen LogP contribution in [0, 0.1) is 0 Å². The zero-order chi connectivity index (χ0) is 25.7. The van der Waals surface area contributed by atoms with Crippen LogP contribution in [0.1, 0.15) is 23.0 Å². The van der Waals surface area contributed by atoms with Crippen LogP contribution in [0.15, 0.2) is 91.1 Å². The predicted octanol–water partition coefficient (Wildman–Crippen LogP) is 4.38. The Hall–Kier alpha value is -4.30. The Labute approximate surface area is 222 Å². The Kier molecular flexibility index (Phi) is 6.95. The smallest absolute Gasteiger partial charge is 0.173 e. The first-order valence-electron chi connectivity index (χ1n) is 13.1. The van der Waals surface area contributed by atoms with Crippen molar-refractivity contribution in [3.8, 4) is 5.75 Å². The van der Waals surface area contributed by atoms with Crippen LogP contribution in [0.4, 0.5) is 5.69 Å². The van der Waals surface area contributed by atoms with Crippen LogP contribution in [-0.4, -0.2) is 63.4 Å². The maximum absolute atomic E-state index is 5.33. The zero-order valence-corrected chi connectivity index (χ0v) is 21.5. The van der Waals surface area contributed by atoms with E-state index in [-0.39, 0.29) is 6.04 Å². The molecule has 0 spiro atoms. The minimum atomic E-state index is -0.0524. The maximum atomic E-state index is 5.33. The van der Waals surface area contributed by atoms with Gasteiger partial charge in [0.15, 0.2) is 5.82 Å². The number of methoxy groups -OCH3 is 1. The Morgan fingerprint density at radius 3 is 2.47 bits per heavy atom. The van der Waals surface area contributed by atoms with Crippen LogP contribution in [0.2, 0.25) is 0 Å². The molecule has 6 rings (SSSR count). The monoisotopic (exact) mass is 505 g/mol. The number of aryl methyl sites for hydroxylation is 2. The highest BCUT2D eigenvalue weighted by atomic mass is 16.5. The fourth-order valence-corrected chi connectivity index (χ4v) is 5.27. The van der Waals surface area contributed by atoms with Gasteiger partial charge in [-0.15, -0.1) is 5.10 Å². The van der Waals surface area contributed by atoms with Crippen LogP contribution in [0.3, 0.4) is 0 Å². The van der Waals surface area contributed by atoms with Crippen molar-refractivity contribution in [3.05, 3.63) is 108 Å². The summed E-state index contributed by atoms with van der Waals surface area (Å²) < 4.78 is 7.31. The van der Waals surface area contributed by atoms with Gasteiger partial charge in [-0.05, 0) is 70.4 Å². The third kappa shape index (κ3) is 5.08. The number of pyridine rings is 1. The highest BCUT2D eigenvalue weighted by molar-refractivity contribution is 5.79. The van der Waals surface area contributed by atoms with Crippen LogP contribution in [0.25, 0.3) is 10.9 Å². The fraction of sp³-hybridized carbons (Fsp3) is 0.267. The van der Waals surface area contributed by atoms with Crippen molar-refractivity contribution < 1.29 is 4.74 Å². The normalized spacial score (nSPS) is 15.0. The lowest BCUT2D eigenvalue weighted by atomic mass is 10.0. The van der Waals surface area contributed by atoms with Crippen molar-refractivity contribution in [2.24, 2.45) is 0 Å². The number of fused-ring (bicyclic) bond motifs is 1. The lowest BCUT2D eigenvalue weighted by molar-refractivity contribution is 0.200. The molecule has 3 aromatic carbocycles. The second kappa shape index (κ2) is 11.0. The SMILES string of the molecule is COc1ccc(N2CCN([C@@H](c3ccc4ncccc4c3)c3nnnn3CCc3ccccc3)CC2)cc1. The van der Waals surface area contributed by atoms with Crippen molar-refractivity contribution in [2.45, 2.75) is 19.0 Å². The lowest BCUT2D eigenvalue weighted by Gasteiger charge is -2.40. The van der Waals surface area contributed by atoms with Gasteiger partial charge in [0, 0.05) is 50.0 Å². The van der Waals surface area contributed by atoms with E-state index in [1.807, 2.05) is 35.1 Å². The molecule has 192 valence electrons. The average molecular weight is 506 g/mol. The molecule has 38 heavy (non-hydrogen) atoms. The molecule has 0 radical (unpaired) electrons. The quantitative estimate of drug-likeness (QED) is 0.310. The topological polar surface area (TPSA) is 72.2 Å². The minimum Gasteiger partial charge on any atom is -0.497 e. The standard InChI is InChI=1S/C30H31N7O/c1-38-27-12-10-26(11-13-27)35-18-20-36(21-19-35)29(25-9-14-28-24(22-25)8-5-16-31-28)30-32-33-34-37(30)17-15-23-6-3-2-4-7-23/h2-14,16,22,29H,15,17-21H2,1H3/t29-/m0/s1. The number of piperazine rings is 1. The number of anilines is 1. The summed E-state index contributed by atoms with van der Waals surface area (Å²) in [6, 6.07) is 29.4. The molecule has 0 saturated carbocycles. The van der Waals surface area contributed by atoms with E-state index in [1.54, 1.807) is 7.11 Å². The second-order valence-electron chi connectivity index (χ2n) is 9.57. The molecule has 2 aromatic heterocycles. The summed E-state index contributed by atoms with van der Waals surface area (Å²) in [7, 11) is 1.70. The number of hydrogen-bond acceptors (Lipinski definition) is 7. The number of aromatic nitrogens is 5. The molecule has 0 aliphatic carbocycles. The van der Waals surface area contributed by atoms with Crippen molar-refractivity contribution in [1.82, 2.24) is 30.1 Å². The van der Waals surface area contributed by atoms with Crippen molar-refractivity contribution in [2.75, 3.05) is 38.2 Å². The van der Waals surface area contributed by atoms with Gasteiger partial charge in [0.25, 0.3) is 0 Å². The van der Waals surface area contributed by atoms with E-state index >= 15 is 0 Å². The van der Waals surface area contributed by atoms with Gasteiger partial charge in [0.05, 0.1) is 18.7 Å². The summed E-state index contributed by atoms with van der Waals surface area (Å²) in [5.74, 6) is 1.75. The highest BCUT2D eigenvalue weighted by Crippen LogP contribution is 2.31. The van der Waals surface area contributed by atoms with Crippen LogP contribution in [-0.2, 0) is 13.0 Å². The van der Waals surface area contributed by atoms with E-state index in [1.165, 1.54) is 16.8 Å². The van der Waals surface area contributed by atoms with Crippen molar-refractivity contribution >= 4 is 16.6 Å². The molecule has 0 amide bonds. The Morgan fingerprint density at radius 1 is 0.868 bits per heavy atom. The van der Waals surface area contributed by atoms with Gasteiger partial charge in [-0.1, -0.05) is 42.5 Å². The summed E-state index contributed by atoms with van der Waals surface area (Å²) in [5, 5.41) is 14.2. The van der Waals surface area contributed by atoms with E-state index in [4.69, 9.17) is 4.74 Å². The molecule has 1 aliphatic rings. The molecule has 0 bridgehead atoms. The van der Waals surface area contributed by atoms with Gasteiger partial charge in [-0.2, -0.15) is 0 Å². The maximum Gasteiger partial charge on any atom is 0.173 e. The summed E-state index contributed by atoms with van der Waals surface area (Å²) in [6.07, 6.45) is 2.71. The molecular weight excluding hydrogens is 474 g/mol. The molecule has 5 aromatic rings. The van der Waals surface area contributed by atoms with E-state index in [0.717, 1.165) is 61.6 Å². The first kappa shape index (κ1) is 24.1. The number of benzene rings is 3. The predicted molar refractivity (Wildman–Crippen MR) is 148 cm³/mol. The Bertz CT molecular complexity index is 1480. The highest BCUT2D eigenvalue weighted by Gasteiger charge is 2.31. The van der Waals surface area contributed by atoms with E-state index in [0.29, 0.717) is 0 Å². The third-order valence-corrected chi connectivity index (χ3v) is 7.32. The molecule has 1 aliphatic heterocycles. The summed E-state index contributed by atoms with van der Waals surface area (Å²) in [4.78, 5) is 9.45. The van der Waals surface area contributed by atoms with Crippen LogP contribution < -0.4 is 9.64 Å². The Morgan fingerprint density at radius 2 is 1.68 bits per heavy atom. The van der Waals surface area contributed by atoms with Gasteiger partial charge < -0.3 is 9.64 Å². The van der Waals surface area contributed by atoms with Gasteiger partial charge in [0.1, 0.15) is 5.75 Å². The number of ether oxygens (including phenoxy) is 1. The number of hydrogen-bond donors (Lipinski definition) is 0. The fourth-order valence-electron chi connectivity index (χ4n) is 5.27. The Balaban J connectivity index is 1.28. The van der Waals surface area contributed by atoms with Crippen LogP contribution in [0.5, 0.6) is 5.75 Å². The molecule has 8 heteroatoms. The van der Waals surface area contributed by atoms with E-state index < -0.39 is 0 Å². The molecule has 0 N–H and O–H groups in total. The first-order valence-corrected chi connectivity index (χ1v) is 13.1. The number of rotatable bonds is 8. The van der Waals surface area contributed by atoms with E-state index in [2.05, 4.69) is 91.0 Å².